The molecule has 158 valence electrons. The summed E-state index contributed by atoms with van der Waals surface area (Å²) in [5.74, 6) is 4.16. The predicted octanol–water partition coefficient (Wildman–Crippen LogP) is 6.03. The van der Waals surface area contributed by atoms with Crippen LogP contribution in [0.5, 0.6) is 17.2 Å². The van der Waals surface area contributed by atoms with E-state index in [1.54, 1.807) is 12.1 Å². The SMILES string of the molecule is C#C.C#CCCC(C)(CC)COc1cc(OC)c(C=O)c(OC)c1.CC.CC. The van der Waals surface area contributed by atoms with Gasteiger partial charge in [0.15, 0.2) is 6.29 Å². The lowest BCUT2D eigenvalue weighted by Crippen LogP contribution is -2.24. The van der Waals surface area contributed by atoms with Crippen LogP contribution in [-0.4, -0.2) is 27.1 Å². The summed E-state index contributed by atoms with van der Waals surface area (Å²) in [6.45, 7) is 12.8. The molecule has 0 bridgehead atoms. The number of hydrogen-bond acceptors (Lipinski definition) is 4. The van der Waals surface area contributed by atoms with E-state index in [1.807, 2.05) is 27.7 Å². The Labute approximate surface area is 173 Å². The van der Waals surface area contributed by atoms with Crippen molar-refractivity contribution in [1.82, 2.24) is 0 Å². The minimum atomic E-state index is 0.0101. The number of hydrogen-bond donors (Lipinski definition) is 0. The molecule has 0 spiro atoms. The van der Waals surface area contributed by atoms with Gasteiger partial charge in [0.2, 0.25) is 0 Å². The van der Waals surface area contributed by atoms with Gasteiger partial charge in [-0.25, -0.2) is 0 Å². The van der Waals surface area contributed by atoms with E-state index in [0.29, 0.717) is 35.7 Å². The maximum absolute atomic E-state index is 11.1. The van der Waals surface area contributed by atoms with Crippen LogP contribution in [0.15, 0.2) is 12.1 Å². The van der Waals surface area contributed by atoms with Crippen LogP contribution in [0.25, 0.3) is 0 Å². The second kappa shape index (κ2) is 19.2. The molecular weight excluding hydrogens is 352 g/mol. The average Bonchev–Trinajstić information content (AvgIpc) is 2.79. The molecule has 0 aliphatic carbocycles. The highest BCUT2D eigenvalue weighted by Crippen LogP contribution is 2.34. The molecule has 4 heteroatoms. The van der Waals surface area contributed by atoms with E-state index < -0.39 is 0 Å². The van der Waals surface area contributed by atoms with Crippen molar-refractivity contribution in [2.75, 3.05) is 20.8 Å². The molecule has 1 aromatic rings. The van der Waals surface area contributed by atoms with Gasteiger partial charge in [0.1, 0.15) is 17.2 Å². The van der Waals surface area contributed by atoms with E-state index in [9.17, 15) is 4.79 Å². The van der Waals surface area contributed by atoms with Gasteiger partial charge in [-0.15, -0.1) is 25.2 Å². The third kappa shape index (κ3) is 10.5. The summed E-state index contributed by atoms with van der Waals surface area (Å²) < 4.78 is 16.3. The van der Waals surface area contributed by atoms with E-state index in [4.69, 9.17) is 20.6 Å². The Morgan fingerprint density at radius 3 is 1.86 bits per heavy atom. The molecule has 0 amide bonds. The van der Waals surface area contributed by atoms with Crippen molar-refractivity contribution in [1.29, 1.82) is 0 Å². The fourth-order valence-electron chi connectivity index (χ4n) is 2.10. The molecule has 0 N–H and O–H groups in total. The topological polar surface area (TPSA) is 44.8 Å². The van der Waals surface area contributed by atoms with Gasteiger partial charge in [0, 0.05) is 24.0 Å². The summed E-state index contributed by atoms with van der Waals surface area (Å²) in [7, 11) is 3.02. The highest BCUT2D eigenvalue weighted by Gasteiger charge is 2.23. The van der Waals surface area contributed by atoms with Crippen LogP contribution in [-0.2, 0) is 0 Å². The fourth-order valence-corrected chi connectivity index (χ4v) is 2.10. The first kappa shape index (κ1) is 30.1. The minimum Gasteiger partial charge on any atom is -0.496 e. The van der Waals surface area contributed by atoms with Crippen molar-refractivity contribution in [3.63, 3.8) is 0 Å². The average molecular weight is 391 g/mol. The number of ether oxygens (including phenoxy) is 3. The Hall–Kier alpha value is -2.59. The second-order valence-electron chi connectivity index (χ2n) is 5.52. The summed E-state index contributed by atoms with van der Waals surface area (Å²) in [5.41, 5.74) is 0.388. The molecule has 1 rings (SSSR count). The van der Waals surface area contributed by atoms with Gasteiger partial charge in [-0.1, -0.05) is 41.5 Å². The van der Waals surface area contributed by atoms with E-state index in [2.05, 4.69) is 32.6 Å². The number of carbonyl (C=O) groups excluding carboxylic acids is 1. The molecule has 1 aromatic carbocycles. The molecule has 1 unspecified atom stereocenters. The normalized spacial score (nSPS) is 10.6. The molecule has 0 radical (unpaired) electrons. The van der Waals surface area contributed by atoms with Gasteiger partial charge < -0.3 is 14.2 Å². The summed E-state index contributed by atoms with van der Waals surface area (Å²) in [6, 6.07) is 3.40. The lowest BCUT2D eigenvalue weighted by Gasteiger charge is -2.27. The van der Waals surface area contributed by atoms with E-state index in [0.717, 1.165) is 19.3 Å². The molecule has 0 aliphatic heterocycles. The number of aldehydes is 1. The molecule has 0 aromatic heterocycles. The van der Waals surface area contributed by atoms with Crippen molar-refractivity contribution in [2.45, 2.75) is 60.8 Å². The molecule has 1 atom stereocenters. The molecule has 0 saturated heterocycles. The molecular formula is C24H38O4. The lowest BCUT2D eigenvalue weighted by molar-refractivity contribution is 0.111. The maximum atomic E-state index is 11.1. The van der Waals surface area contributed by atoms with Gasteiger partial charge in [0.05, 0.1) is 26.4 Å². The second-order valence-corrected chi connectivity index (χ2v) is 5.52. The molecule has 0 fully saturated rings. The monoisotopic (exact) mass is 390 g/mol. The fraction of sp³-hybridized carbons (Fsp3) is 0.542. The van der Waals surface area contributed by atoms with Crippen molar-refractivity contribution in [3.8, 4) is 42.4 Å². The zero-order valence-corrected chi connectivity index (χ0v) is 18.9. The Kier molecular flexibility index (Phi) is 20.7. The minimum absolute atomic E-state index is 0.0101. The van der Waals surface area contributed by atoms with Crippen molar-refractivity contribution >= 4 is 6.29 Å². The quantitative estimate of drug-likeness (QED) is 0.382. The van der Waals surface area contributed by atoms with Gasteiger partial charge in [0.25, 0.3) is 0 Å². The standard InChI is InChI=1S/C18H24O4.2C2H6.C2H2/c1-6-8-9-18(3,7-2)13-22-14-10-16(20-4)15(12-19)17(11-14)21-5;3*1-2/h1,10-12H,7-9,13H2,2-5H3;2*1-2H3;1-2H. The highest BCUT2D eigenvalue weighted by atomic mass is 16.5. The molecule has 4 nitrogen and oxygen atoms in total. The zero-order chi connectivity index (χ0) is 22.6. The summed E-state index contributed by atoms with van der Waals surface area (Å²) in [4.78, 5) is 11.1. The third-order valence-corrected chi connectivity index (χ3v) is 3.95. The maximum Gasteiger partial charge on any atom is 0.157 e. The smallest absolute Gasteiger partial charge is 0.157 e. The summed E-state index contributed by atoms with van der Waals surface area (Å²) in [6.07, 6.45) is 16.7. The predicted molar refractivity (Wildman–Crippen MR) is 119 cm³/mol. The Morgan fingerprint density at radius 2 is 1.54 bits per heavy atom. The van der Waals surface area contributed by atoms with E-state index in [1.165, 1.54) is 14.2 Å². The van der Waals surface area contributed by atoms with Crippen LogP contribution in [0.4, 0.5) is 0 Å². The van der Waals surface area contributed by atoms with Gasteiger partial charge in [-0.2, -0.15) is 0 Å². The van der Waals surface area contributed by atoms with Crippen molar-refractivity contribution in [3.05, 3.63) is 17.7 Å². The lowest BCUT2D eigenvalue weighted by atomic mass is 9.84. The van der Waals surface area contributed by atoms with Crippen LogP contribution in [0.1, 0.15) is 71.2 Å². The Morgan fingerprint density at radius 1 is 1.07 bits per heavy atom. The van der Waals surface area contributed by atoms with E-state index in [-0.39, 0.29) is 5.41 Å². The van der Waals surface area contributed by atoms with Crippen LogP contribution in [0.3, 0.4) is 0 Å². The Balaban J connectivity index is -0.000000946. The largest absolute Gasteiger partial charge is 0.496 e. The summed E-state index contributed by atoms with van der Waals surface area (Å²) >= 11 is 0. The van der Waals surface area contributed by atoms with Crippen LogP contribution in [0.2, 0.25) is 0 Å². The van der Waals surface area contributed by atoms with Crippen LogP contribution < -0.4 is 14.2 Å². The molecule has 0 aliphatic rings. The number of carbonyl (C=O) groups is 1. The van der Waals surface area contributed by atoms with Crippen LogP contribution >= 0.6 is 0 Å². The van der Waals surface area contributed by atoms with Crippen LogP contribution in [0, 0.1) is 30.6 Å². The number of benzene rings is 1. The van der Waals surface area contributed by atoms with Gasteiger partial charge in [-0.05, 0) is 12.8 Å². The first-order chi connectivity index (χ1) is 13.5. The highest BCUT2D eigenvalue weighted by molar-refractivity contribution is 5.84. The molecule has 28 heavy (non-hydrogen) atoms. The number of terminal acetylenes is 2. The number of rotatable bonds is 9. The Bertz CT molecular complexity index is 559. The summed E-state index contributed by atoms with van der Waals surface area (Å²) in [5, 5.41) is 0. The van der Waals surface area contributed by atoms with Gasteiger partial charge >= 0.3 is 0 Å². The molecule has 0 saturated carbocycles. The zero-order valence-electron chi connectivity index (χ0n) is 18.9. The first-order valence-corrected chi connectivity index (χ1v) is 9.64. The van der Waals surface area contributed by atoms with Crippen molar-refractivity contribution < 1.29 is 19.0 Å². The number of methoxy groups -OCH3 is 2. The molecule has 0 heterocycles. The van der Waals surface area contributed by atoms with E-state index >= 15 is 0 Å². The van der Waals surface area contributed by atoms with Gasteiger partial charge in [-0.3, -0.25) is 4.79 Å². The third-order valence-electron chi connectivity index (χ3n) is 3.95. The first-order valence-electron chi connectivity index (χ1n) is 9.64. The van der Waals surface area contributed by atoms with Crippen molar-refractivity contribution in [2.24, 2.45) is 5.41 Å².